The maximum atomic E-state index is 12.1. The molecule has 2 rings (SSSR count). The molecule has 0 aromatic heterocycles. The van der Waals surface area contributed by atoms with Gasteiger partial charge in [0.2, 0.25) is 0 Å². The van der Waals surface area contributed by atoms with E-state index in [-0.39, 0.29) is 5.78 Å². The molecule has 0 heterocycles. The van der Waals surface area contributed by atoms with E-state index in [0.717, 1.165) is 14.9 Å². The van der Waals surface area contributed by atoms with Crippen LogP contribution in [0.2, 0.25) is 5.02 Å². The molecule has 0 fully saturated rings. The van der Waals surface area contributed by atoms with Gasteiger partial charge >= 0.3 is 0 Å². The number of halogens is 2. The summed E-state index contributed by atoms with van der Waals surface area (Å²) in [6.45, 7) is 0. The van der Waals surface area contributed by atoms with Crippen molar-refractivity contribution in [3.63, 3.8) is 0 Å². The number of benzene rings is 2. The first-order chi connectivity index (χ1) is 9.10. The van der Waals surface area contributed by atoms with Crippen molar-refractivity contribution in [2.75, 3.05) is 7.11 Å². The summed E-state index contributed by atoms with van der Waals surface area (Å²) < 4.78 is 6.03. The third-order valence-corrected chi connectivity index (χ3v) is 4.34. The van der Waals surface area contributed by atoms with Crippen molar-refractivity contribution in [2.45, 2.75) is 6.42 Å². The van der Waals surface area contributed by atoms with Gasteiger partial charge in [0.05, 0.1) is 12.1 Å². The molecule has 0 aliphatic carbocycles. The van der Waals surface area contributed by atoms with Gasteiger partial charge in [-0.25, -0.2) is 0 Å². The molecule has 0 bridgehead atoms. The summed E-state index contributed by atoms with van der Waals surface area (Å²) in [6.07, 6.45) is 0.362. The van der Waals surface area contributed by atoms with E-state index in [0.29, 0.717) is 17.0 Å². The summed E-state index contributed by atoms with van der Waals surface area (Å²) >= 11 is 8.16. The minimum absolute atomic E-state index is 0.0588. The first kappa shape index (κ1) is 14.3. The van der Waals surface area contributed by atoms with Gasteiger partial charge in [0.25, 0.3) is 0 Å². The Labute approximate surface area is 130 Å². The molecule has 19 heavy (non-hydrogen) atoms. The number of rotatable bonds is 4. The molecule has 0 unspecified atom stereocenters. The molecular weight excluding hydrogens is 375 g/mol. The maximum absolute atomic E-state index is 12.1. The molecule has 2 nitrogen and oxygen atoms in total. The Bertz CT molecular complexity index is 594. The molecule has 0 amide bonds. The van der Waals surface area contributed by atoms with E-state index in [9.17, 15) is 4.79 Å². The minimum atomic E-state index is 0.0588. The van der Waals surface area contributed by atoms with Crippen LogP contribution in [0, 0.1) is 3.57 Å². The highest BCUT2D eigenvalue weighted by atomic mass is 127. The highest BCUT2D eigenvalue weighted by molar-refractivity contribution is 14.1. The number of hydrogen-bond donors (Lipinski definition) is 0. The van der Waals surface area contributed by atoms with E-state index >= 15 is 0 Å². The molecule has 0 radical (unpaired) electrons. The summed E-state index contributed by atoms with van der Waals surface area (Å²) in [5, 5.41) is 0.612. The lowest BCUT2D eigenvalue weighted by Gasteiger charge is -2.04. The van der Waals surface area contributed by atoms with Crippen molar-refractivity contribution in [3.8, 4) is 5.75 Å². The zero-order chi connectivity index (χ0) is 13.8. The second-order valence-corrected chi connectivity index (χ2v) is 5.65. The molecule has 0 aliphatic heterocycles. The summed E-state index contributed by atoms with van der Waals surface area (Å²) in [5.41, 5.74) is 1.60. The van der Waals surface area contributed by atoms with Crippen molar-refractivity contribution in [2.24, 2.45) is 0 Å². The predicted octanol–water partition coefficient (Wildman–Crippen LogP) is 4.38. The van der Waals surface area contributed by atoms with E-state index in [1.165, 1.54) is 0 Å². The van der Waals surface area contributed by atoms with E-state index in [1.54, 1.807) is 19.2 Å². The van der Waals surface area contributed by atoms with E-state index < -0.39 is 0 Å². The van der Waals surface area contributed by atoms with Crippen LogP contribution in [0.4, 0.5) is 0 Å². The van der Waals surface area contributed by atoms with Gasteiger partial charge in [-0.15, -0.1) is 0 Å². The molecular formula is C15H12ClIO2. The smallest absolute Gasteiger partial charge is 0.167 e. The second kappa shape index (κ2) is 6.39. The predicted molar refractivity (Wildman–Crippen MR) is 85.2 cm³/mol. The Morgan fingerprint density at radius 2 is 1.89 bits per heavy atom. The first-order valence-electron chi connectivity index (χ1n) is 5.71. The van der Waals surface area contributed by atoms with Gasteiger partial charge in [-0.2, -0.15) is 0 Å². The van der Waals surface area contributed by atoms with Crippen molar-refractivity contribution in [3.05, 3.63) is 62.2 Å². The third kappa shape index (κ3) is 3.70. The van der Waals surface area contributed by atoms with Crippen LogP contribution >= 0.6 is 34.2 Å². The summed E-state index contributed by atoms with van der Waals surface area (Å²) in [5.74, 6) is 0.844. The highest BCUT2D eigenvalue weighted by Crippen LogP contribution is 2.21. The number of hydrogen-bond acceptors (Lipinski definition) is 2. The van der Waals surface area contributed by atoms with Crippen LogP contribution in [0.1, 0.15) is 15.9 Å². The number of Topliss-reactive ketones (excluding diaryl/α,β-unsaturated/α-hetero) is 1. The van der Waals surface area contributed by atoms with Crippen LogP contribution in [0.3, 0.4) is 0 Å². The molecule has 0 N–H and O–H groups in total. The summed E-state index contributed by atoms with van der Waals surface area (Å²) in [4.78, 5) is 12.1. The number of ether oxygens (including phenoxy) is 1. The van der Waals surface area contributed by atoms with Crippen LogP contribution in [-0.4, -0.2) is 12.9 Å². The number of methoxy groups -OCH3 is 1. The topological polar surface area (TPSA) is 26.3 Å². The van der Waals surface area contributed by atoms with Crippen LogP contribution in [0.5, 0.6) is 5.75 Å². The number of carbonyl (C=O) groups is 1. The first-order valence-corrected chi connectivity index (χ1v) is 7.17. The average molecular weight is 387 g/mol. The van der Waals surface area contributed by atoms with Crippen molar-refractivity contribution >= 4 is 40.0 Å². The van der Waals surface area contributed by atoms with E-state index in [1.807, 2.05) is 30.3 Å². The summed E-state index contributed by atoms with van der Waals surface area (Å²) in [6, 6.07) is 12.9. The van der Waals surface area contributed by atoms with Gasteiger partial charge in [0.1, 0.15) is 5.75 Å². The molecule has 4 heteroatoms. The fourth-order valence-corrected chi connectivity index (χ4v) is 2.22. The maximum Gasteiger partial charge on any atom is 0.167 e. The SMILES string of the molecule is COc1ccc(CC(=O)c2ccc(I)c(Cl)c2)cc1. The largest absolute Gasteiger partial charge is 0.497 e. The van der Waals surface area contributed by atoms with Gasteiger partial charge in [-0.1, -0.05) is 29.8 Å². The van der Waals surface area contributed by atoms with Crippen LogP contribution in [0.25, 0.3) is 0 Å². The Morgan fingerprint density at radius 1 is 1.21 bits per heavy atom. The van der Waals surface area contributed by atoms with Crippen LogP contribution in [-0.2, 0) is 6.42 Å². The fourth-order valence-electron chi connectivity index (χ4n) is 1.70. The van der Waals surface area contributed by atoms with Gasteiger partial charge in [0, 0.05) is 15.6 Å². The van der Waals surface area contributed by atoms with Gasteiger partial charge in [-0.3, -0.25) is 4.79 Å². The van der Waals surface area contributed by atoms with E-state index in [2.05, 4.69) is 22.6 Å². The number of carbonyl (C=O) groups excluding carboxylic acids is 1. The van der Waals surface area contributed by atoms with Crippen molar-refractivity contribution in [1.29, 1.82) is 0 Å². The van der Waals surface area contributed by atoms with Crippen molar-refractivity contribution in [1.82, 2.24) is 0 Å². The van der Waals surface area contributed by atoms with E-state index in [4.69, 9.17) is 16.3 Å². The lowest BCUT2D eigenvalue weighted by atomic mass is 10.0. The zero-order valence-electron chi connectivity index (χ0n) is 10.3. The molecule has 98 valence electrons. The van der Waals surface area contributed by atoms with Crippen LogP contribution < -0.4 is 4.74 Å². The van der Waals surface area contributed by atoms with Gasteiger partial charge in [-0.05, 0) is 52.4 Å². The van der Waals surface area contributed by atoms with Crippen LogP contribution in [0.15, 0.2) is 42.5 Å². The second-order valence-electron chi connectivity index (χ2n) is 4.08. The molecule has 0 aliphatic rings. The monoisotopic (exact) mass is 386 g/mol. The lowest BCUT2D eigenvalue weighted by Crippen LogP contribution is -2.03. The third-order valence-electron chi connectivity index (χ3n) is 2.77. The Morgan fingerprint density at radius 3 is 2.47 bits per heavy atom. The van der Waals surface area contributed by atoms with Gasteiger partial charge < -0.3 is 4.74 Å². The Kier molecular flexibility index (Phi) is 4.82. The summed E-state index contributed by atoms with van der Waals surface area (Å²) in [7, 11) is 1.62. The molecule has 0 atom stereocenters. The number of ketones is 1. The molecule has 2 aromatic rings. The molecule has 0 saturated carbocycles. The molecule has 0 spiro atoms. The van der Waals surface area contributed by atoms with Gasteiger partial charge in [0.15, 0.2) is 5.78 Å². The normalized spacial score (nSPS) is 10.3. The molecule has 2 aromatic carbocycles. The average Bonchev–Trinajstić information content (AvgIpc) is 2.42. The minimum Gasteiger partial charge on any atom is -0.497 e. The highest BCUT2D eigenvalue weighted by Gasteiger charge is 2.09. The Hall–Kier alpha value is -1.07. The zero-order valence-corrected chi connectivity index (χ0v) is 13.2. The fraction of sp³-hybridized carbons (Fsp3) is 0.133. The Balaban J connectivity index is 2.13. The lowest BCUT2D eigenvalue weighted by molar-refractivity contribution is 0.0993. The molecule has 0 saturated heterocycles. The van der Waals surface area contributed by atoms with Crippen molar-refractivity contribution < 1.29 is 9.53 Å². The quantitative estimate of drug-likeness (QED) is 0.576. The standard InChI is InChI=1S/C15H12ClIO2/c1-19-12-5-2-10(3-6-12)8-15(18)11-4-7-14(17)13(16)9-11/h2-7,9H,8H2,1H3.